The number of fused-ring (bicyclic) bond motifs is 1. The minimum Gasteiger partial charge on any atom is -0.478 e. The summed E-state index contributed by atoms with van der Waals surface area (Å²) in [5.41, 5.74) is 0.765. The molecule has 0 fully saturated rings. The molecule has 112 valence electrons. The van der Waals surface area contributed by atoms with Gasteiger partial charge in [-0.2, -0.15) is 0 Å². The Bertz CT molecular complexity index is 648. The molecule has 1 amide bonds. The molecule has 0 unspecified atom stereocenters. The van der Waals surface area contributed by atoms with Gasteiger partial charge in [0.1, 0.15) is 6.54 Å². The standard InChI is InChI=1S/C15H18N2O4/c1-21-9-3-7-16-13(18)10-17-8-6-11-4-2-5-12(14(11)17)15(19)20/h2,4-6,8H,3,7,9-10H2,1H3,(H,16,18)(H,19,20). The Morgan fingerprint density at radius 3 is 2.86 bits per heavy atom. The van der Waals surface area contributed by atoms with E-state index in [-0.39, 0.29) is 18.0 Å². The van der Waals surface area contributed by atoms with Gasteiger partial charge in [-0.05, 0) is 18.6 Å². The lowest BCUT2D eigenvalue weighted by molar-refractivity contribution is -0.121. The third-order valence-electron chi connectivity index (χ3n) is 3.18. The van der Waals surface area contributed by atoms with Crippen molar-refractivity contribution in [3.63, 3.8) is 0 Å². The number of amides is 1. The van der Waals surface area contributed by atoms with Crippen LogP contribution in [-0.2, 0) is 16.1 Å². The predicted octanol–water partition coefficient (Wildman–Crippen LogP) is 1.49. The van der Waals surface area contributed by atoms with Crippen LogP contribution in [0.4, 0.5) is 0 Å². The highest BCUT2D eigenvalue weighted by Gasteiger charge is 2.13. The maximum Gasteiger partial charge on any atom is 0.337 e. The molecule has 0 spiro atoms. The molecule has 0 aliphatic heterocycles. The molecule has 1 aromatic heterocycles. The second-order valence-electron chi connectivity index (χ2n) is 4.69. The Labute approximate surface area is 122 Å². The molecule has 2 aromatic rings. The van der Waals surface area contributed by atoms with E-state index in [2.05, 4.69) is 5.32 Å². The lowest BCUT2D eigenvalue weighted by Gasteiger charge is -2.08. The highest BCUT2D eigenvalue weighted by molar-refractivity contribution is 6.02. The largest absolute Gasteiger partial charge is 0.478 e. The van der Waals surface area contributed by atoms with E-state index in [9.17, 15) is 14.7 Å². The van der Waals surface area contributed by atoms with Crippen molar-refractivity contribution in [2.24, 2.45) is 0 Å². The lowest BCUT2D eigenvalue weighted by Crippen LogP contribution is -2.28. The molecule has 0 bridgehead atoms. The smallest absolute Gasteiger partial charge is 0.337 e. The van der Waals surface area contributed by atoms with Crippen molar-refractivity contribution in [1.82, 2.24) is 9.88 Å². The van der Waals surface area contributed by atoms with Crippen molar-refractivity contribution in [2.45, 2.75) is 13.0 Å². The maximum atomic E-state index is 11.9. The average Bonchev–Trinajstić information content (AvgIpc) is 2.86. The molecular formula is C15H18N2O4. The Morgan fingerprint density at radius 2 is 2.14 bits per heavy atom. The highest BCUT2D eigenvalue weighted by Crippen LogP contribution is 2.20. The van der Waals surface area contributed by atoms with E-state index in [4.69, 9.17) is 4.74 Å². The van der Waals surface area contributed by atoms with Gasteiger partial charge in [0.15, 0.2) is 0 Å². The van der Waals surface area contributed by atoms with E-state index < -0.39 is 5.97 Å². The fourth-order valence-electron chi connectivity index (χ4n) is 2.22. The van der Waals surface area contributed by atoms with Crippen molar-refractivity contribution in [3.8, 4) is 0 Å². The number of hydrogen-bond donors (Lipinski definition) is 2. The fraction of sp³-hybridized carbons (Fsp3) is 0.333. The Morgan fingerprint density at radius 1 is 1.33 bits per heavy atom. The number of carbonyl (C=O) groups excluding carboxylic acids is 1. The van der Waals surface area contributed by atoms with Crippen LogP contribution in [0.5, 0.6) is 0 Å². The van der Waals surface area contributed by atoms with Gasteiger partial charge in [-0.25, -0.2) is 4.79 Å². The number of methoxy groups -OCH3 is 1. The first-order valence-corrected chi connectivity index (χ1v) is 6.70. The monoisotopic (exact) mass is 290 g/mol. The molecule has 0 radical (unpaired) electrons. The second kappa shape index (κ2) is 6.90. The van der Waals surface area contributed by atoms with E-state index >= 15 is 0 Å². The number of carboxylic acid groups (broad SMARTS) is 1. The summed E-state index contributed by atoms with van der Waals surface area (Å²) in [6, 6.07) is 6.87. The molecule has 6 heteroatoms. The minimum absolute atomic E-state index is 0.0980. The number of carboxylic acids is 1. The predicted molar refractivity (Wildman–Crippen MR) is 78.4 cm³/mol. The topological polar surface area (TPSA) is 80.6 Å². The van der Waals surface area contributed by atoms with E-state index in [1.807, 2.05) is 6.07 Å². The zero-order valence-electron chi connectivity index (χ0n) is 11.8. The van der Waals surface area contributed by atoms with Crippen LogP contribution in [0.3, 0.4) is 0 Å². The minimum atomic E-state index is -0.999. The number of ether oxygens (including phenoxy) is 1. The average molecular weight is 290 g/mol. The number of rotatable bonds is 7. The van der Waals surface area contributed by atoms with Gasteiger partial charge in [0.25, 0.3) is 0 Å². The SMILES string of the molecule is COCCCNC(=O)Cn1ccc2cccc(C(=O)O)c21. The normalized spacial score (nSPS) is 10.7. The zero-order chi connectivity index (χ0) is 15.2. The van der Waals surface area contributed by atoms with Gasteiger partial charge in [-0.15, -0.1) is 0 Å². The molecule has 2 rings (SSSR count). The molecule has 0 saturated heterocycles. The molecule has 0 aliphatic rings. The zero-order valence-corrected chi connectivity index (χ0v) is 11.8. The van der Waals surface area contributed by atoms with Crippen LogP contribution in [0.1, 0.15) is 16.8 Å². The summed E-state index contributed by atoms with van der Waals surface area (Å²) in [6.07, 6.45) is 2.47. The second-order valence-corrected chi connectivity index (χ2v) is 4.69. The first-order chi connectivity index (χ1) is 10.1. The molecule has 0 saturated carbocycles. The summed E-state index contributed by atoms with van der Waals surface area (Å²) in [6.45, 7) is 1.23. The third-order valence-corrected chi connectivity index (χ3v) is 3.18. The first kappa shape index (κ1) is 15.1. The number of nitrogens with one attached hydrogen (secondary N) is 1. The van der Waals surface area contributed by atoms with E-state index in [0.717, 1.165) is 11.8 Å². The molecule has 0 aliphatic carbocycles. The van der Waals surface area contributed by atoms with Crippen LogP contribution >= 0.6 is 0 Å². The van der Waals surface area contributed by atoms with Crippen molar-refractivity contribution < 1.29 is 19.4 Å². The van der Waals surface area contributed by atoms with Crippen LogP contribution in [0.15, 0.2) is 30.5 Å². The van der Waals surface area contributed by atoms with Gasteiger partial charge in [-0.1, -0.05) is 12.1 Å². The summed E-state index contributed by atoms with van der Waals surface area (Å²) in [5.74, 6) is -1.15. The van der Waals surface area contributed by atoms with Crippen LogP contribution < -0.4 is 5.32 Å². The summed E-state index contributed by atoms with van der Waals surface area (Å²) in [4.78, 5) is 23.1. The van der Waals surface area contributed by atoms with Gasteiger partial charge < -0.3 is 19.7 Å². The fourth-order valence-corrected chi connectivity index (χ4v) is 2.22. The first-order valence-electron chi connectivity index (χ1n) is 6.70. The molecule has 6 nitrogen and oxygen atoms in total. The van der Waals surface area contributed by atoms with Crippen LogP contribution in [-0.4, -0.2) is 41.8 Å². The van der Waals surface area contributed by atoms with Gasteiger partial charge in [0.2, 0.25) is 5.91 Å². The van der Waals surface area contributed by atoms with Crippen LogP contribution in [0.25, 0.3) is 10.9 Å². The quantitative estimate of drug-likeness (QED) is 0.757. The molecule has 0 atom stereocenters. The summed E-state index contributed by atoms with van der Waals surface area (Å²) in [5, 5.41) is 12.8. The number of aromatic nitrogens is 1. The molecular weight excluding hydrogens is 272 g/mol. The van der Waals surface area contributed by atoms with Crippen LogP contribution in [0, 0.1) is 0 Å². The number of benzene rings is 1. The van der Waals surface area contributed by atoms with Crippen molar-refractivity contribution in [3.05, 3.63) is 36.0 Å². The maximum absolute atomic E-state index is 11.9. The molecule has 1 aromatic carbocycles. The summed E-state index contributed by atoms with van der Waals surface area (Å²) < 4.78 is 6.56. The van der Waals surface area contributed by atoms with Gasteiger partial charge in [0, 0.05) is 31.8 Å². The Hall–Kier alpha value is -2.34. The van der Waals surface area contributed by atoms with Gasteiger partial charge in [-0.3, -0.25) is 4.79 Å². The summed E-state index contributed by atoms with van der Waals surface area (Å²) in [7, 11) is 1.61. The van der Waals surface area contributed by atoms with Crippen LogP contribution in [0.2, 0.25) is 0 Å². The number of hydrogen-bond acceptors (Lipinski definition) is 3. The highest BCUT2D eigenvalue weighted by atomic mass is 16.5. The van der Waals surface area contributed by atoms with Gasteiger partial charge >= 0.3 is 5.97 Å². The number of para-hydroxylation sites is 1. The van der Waals surface area contributed by atoms with Crippen molar-refractivity contribution in [2.75, 3.05) is 20.3 Å². The molecule has 1 heterocycles. The molecule has 21 heavy (non-hydrogen) atoms. The summed E-state index contributed by atoms with van der Waals surface area (Å²) >= 11 is 0. The Balaban J connectivity index is 2.12. The van der Waals surface area contributed by atoms with E-state index in [0.29, 0.717) is 18.7 Å². The van der Waals surface area contributed by atoms with Gasteiger partial charge in [0.05, 0.1) is 11.1 Å². The molecule has 2 N–H and O–H groups in total. The van der Waals surface area contributed by atoms with E-state index in [1.165, 1.54) is 6.07 Å². The number of aromatic carboxylic acids is 1. The van der Waals surface area contributed by atoms with Crippen molar-refractivity contribution in [1.29, 1.82) is 0 Å². The van der Waals surface area contributed by atoms with E-state index in [1.54, 1.807) is 30.0 Å². The van der Waals surface area contributed by atoms with Crippen molar-refractivity contribution >= 4 is 22.8 Å². The lowest BCUT2D eigenvalue weighted by atomic mass is 10.1. The number of nitrogens with zero attached hydrogens (tertiary/aromatic N) is 1. The third kappa shape index (κ3) is 3.61. The number of carbonyl (C=O) groups is 2. The Kier molecular flexibility index (Phi) is 4.94.